The average Bonchev–Trinajstić information content (AvgIpc) is 2.51. The molecule has 0 unspecified atom stereocenters. The Hall–Kier alpha value is -1.95. The molecule has 11 heteroatoms. The molecule has 0 atom stereocenters. The minimum atomic E-state index is -4.80. The molecule has 0 spiro atoms. The third-order valence-corrected chi connectivity index (χ3v) is 5.59. The van der Waals surface area contributed by atoms with Gasteiger partial charge in [-0.15, -0.1) is 9.66 Å². The Morgan fingerprint density at radius 2 is 1.29 bits per heavy atom. The van der Waals surface area contributed by atoms with Crippen LogP contribution in [0.15, 0.2) is 46.2 Å². The van der Waals surface area contributed by atoms with Crippen molar-refractivity contribution in [3.05, 3.63) is 59.4 Å². The Balaban J connectivity index is 2.27. The van der Waals surface area contributed by atoms with Gasteiger partial charge in [-0.2, -0.15) is 0 Å². The third kappa shape index (κ3) is 3.75. The standard InChI is InChI=1S/C13H11F3N2O4S2/c1-8-2-4-9(5-3-8)23(19,20)17-18-24(21,22)11-7-6-10(14)12(15)13(11)16/h2-7,17-18H,1H3. The molecule has 0 aliphatic heterocycles. The Kier molecular flexibility index (Phi) is 4.99. The number of nitrogens with one attached hydrogen (secondary N) is 2. The summed E-state index contributed by atoms with van der Waals surface area (Å²) in [4.78, 5) is 1.48. The van der Waals surface area contributed by atoms with Crippen LogP contribution in [0.1, 0.15) is 5.56 Å². The van der Waals surface area contributed by atoms with Crippen molar-refractivity contribution in [3.63, 3.8) is 0 Å². The molecule has 0 heterocycles. The topological polar surface area (TPSA) is 92.3 Å². The lowest BCUT2D eigenvalue weighted by Crippen LogP contribution is -2.41. The van der Waals surface area contributed by atoms with E-state index in [-0.39, 0.29) is 4.90 Å². The van der Waals surface area contributed by atoms with Gasteiger partial charge in [0.1, 0.15) is 4.90 Å². The van der Waals surface area contributed by atoms with Crippen LogP contribution in [0.25, 0.3) is 0 Å². The molecule has 0 saturated heterocycles. The number of rotatable bonds is 5. The first-order chi connectivity index (χ1) is 11.0. The Bertz CT molecular complexity index is 975. The summed E-state index contributed by atoms with van der Waals surface area (Å²) in [6.45, 7) is 1.72. The fourth-order valence-electron chi connectivity index (χ4n) is 1.66. The molecule has 0 saturated carbocycles. The van der Waals surface area contributed by atoms with Crippen LogP contribution in [0.5, 0.6) is 0 Å². The molecule has 2 rings (SSSR count). The highest BCUT2D eigenvalue weighted by molar-refractivity contribution is 7.92. The van der Waals surface area contributed by atoms with Gasteiger partial charge < -0.3 is 0 Å². The number of hydrogen-bond donors (Lipinski definition) is 2. The number of hydrazine groups is 1. The van der Waals surface area contributed by atoms with Crippen LogP contribution < -0.4 is 9.66 Å². The second-order valence-corrected chi connectivity index (χ2v) is 8.03. The SMILES string of the molecule is Cc1ccc(S(=O)(=O)NNS(=O)(=O)c2ccc(F)c(F)c2F)cc1. The molecule has 0 amide bonds. The fourth-order valence-corrected chi connectivity index (χ4v) is 3.83. The highest BCUT2D eigenvalue weighted by atomic mass is 32.2. The van der Waals surface area contributed by atoms with Crippen molar-refractivity contribution in [2.45, 2.75) is 16.7 Å². The van der Waals surface area contributed by atoms with E-state index in [2.05, 4.69) is 0 Å². The van der Waals surface area contributed by atoms with E-state index in [1.54, 1.807) is 11.8 Å². The minimum absolute atomic E-state index is 0.249. The van der Waals surface area contributed by atoms with Gasteiger partial charge in [0.25, 0.3) is 20.0 Å². The van der Waals surface area contributed by atoms with Crippen LogP contribution in [0, 0.1) is 24.4 Å². The molecule has 0 aliphatic carbocycles. The van der Waals surface area contributed by atoms with Crippen LogP contribution in [-0.2, 0) is 20.0 Å². The first-order valence-corrected chi connectivity index (χ1v) is 9.25. The molecule has 2 N–H and O–H groups in total. The highest BCUT2D eigenvalue weighted by Crippen LogP contribution is 2.19. The second-order valence-electron chi connectivity index (χ2n) is 4.70. The summed E-state index contributed by atoms with van der Waals surface area (Å²) in [5.41, 5.74) is 0.776. The predicted molar refractivity (Wildman–Crippen MR) is 78.1 cm³/mol. The zero-order valence-corrected chi connectivity index (χ0v) is 13.7. The highest BCUT2D eigenvalue weighted by Gasteiger charge is 2.26. The largest absolute Gasteiger partial charge is 0.257 e. The second kappa shape index (κ2) is 6.51. The maximum atomic E-state index is 13.5. The first kappa shape index (κ1) is 18.4. The first-order valence-electron chi connectivity index (χ1n) is 6.28. The maximum Gasteiger partial charge on any atom is 0.257 e. The maximum absolute atomic E-state index is 13.5. The summed E-state index contributed by atoms with van der Waals surface area (Å²) in [5.74, 6) is -5.53. The summed E-state index contributed by atoms with van der Waals surface area (Å²) in [5, 5.41) is 0. The predicted octanol–water partition coefficient (Wildman–Crippen LogP) is 1.58. The van der Waals surface area contributed by atoms with Gasteiger partial charge in [0.05, 0.1) is 4.90 Å². The molecule has 0 radical (unpaired) electrons. The fraction of sp³-hybridized carbons (Fsp3) is 0.0769. The molecule has 24 heavy (non-hydrogen) atoms. The van der Waals surface area contributed by atoms with Crippen LogP contribution in [0.3, 0.4) is 0 Å². The van der Waals surface area contributed by atoms with E-state index in [0.29, 0.717) is 12.1 Å². The number of hydrogen-bond acceptors (Lipinski definition) is 4. The lowest BCUT2D eigenvalue weighted by Gasteiger charge is -2.10. The van der Waals surface area contributed by atoms with Crippen molar-refractivity contribution in [2.75, 3.05) is 0 Å². The lowest BCUT2D eigenvalue weighted by molar-refractivity contribution is 0.431. The number of halogens is 3. The summed E-state index contributed by atoms with van der Waals surface area (Å²) in [6.07, 6.45) is 0. The normalized spacial score (nSPS) is 12.3. The molecule has 2 aromatic rings. The van der Waals surface area contributed by atoms with Crippen molar-refractivity contribution >= 4 is 20.0 Å². The Morgan fingerprint density at radius 1 is 0.750 bits per heavy atom. The van der Waals surface area contributed by atoms with Crippen molar-refractivity contribution in [1.82, 2.24) is 9.66 Å². The smallest absolute Gasteiger partial charge is 0.206 e. The van der Waals surface area contributed by atoms with E-state index in [4.69, 9.17) is 0 Å². The molecule has 130 valence electrons. The quantitative estimate of drug-likeness (QED) is 0.609. The minimum Gasteiger partial charge on any atom is -0.206 e. The molecule has 0 aromatic heterocycles. The van der Waals surface area contributed by atoms with Gasteiger partial charge in [-0.25, -0.2) is 30.0 Å². The summed E-state index contributed by atoms with van der Waals surface area (Å²) < 4.78 is 87.2. The van der Waals surface area contributed by atoms with Gasteiger partial charge >= 0.3 is 0 Å². The molecule has 2 aromatic carbocycles. The van der Waals surface area contributed by atoms with Crippen LogP contribution >= 0.6 is 0 Å². The zero-order chi connectivity index (χ0) is 18.1. The summed E-state index contributed by atoms with van der Waals surface area (Å²) in [6, 6.07) is 6.29. The van der Waals surface area contributed by atoms with E-state index >= 15 is 0 Å². The van der Waals surface area contributed by atoms with Gasteiger partial charge in [-0.1, -0.05) is 17.7 Å². The molecular weight excluding hydrogens is 369 g/mol. The molecule has 0 fully saturated rings. The van der Waals surface area contributed by atoms with Crippen LogP contribution in [0.4, 0.5) is 13.2 Å². The molecule has 0 bridgehead atoms. The van der Waals surface area contributed by atoms with Gasteiger partial charge in [-0.3, -0.25) is 0 Å². The van der Waals surface area contributed by atoms with Crippen LogP contribution in [0.2, 0.25) is 0 Å². The van der Waals surface area contributed by atoms with Gasteiger partial charge in [0.2, 0.25) is 0 Å². The average molecular weight is 380 g/mol. The zero-order valence-electron chi connectivity index (χ0n) is 12.0. The van der Waals surface area contributed by atoms with E-state index in [1.165, 1.54) is 29.1 Å². The van der Waals surface area contributed by atoms with Gasteiger partial charge in [-0.05, 0) is 31.2 Å². The van der Waals surface area contributed by atoms with Crippen molar-refractivity contribution in [1.29, 1.82) is 0 Å². The Labute approximate surface area is 136 Å². The van der Waals surface area contributed by atoms with Crippen LogP contribution in [-0.4, -0.2) is 16.8 Å². The molecule has 6 nitrogen and oxygen atoms in total. The number of aryl methyl sites for hydroxylation is 1. The molecule has 0 aliphatic rings. The molecular formula is C13H11F3N2O4S2. The van der Waals surface area contributed by atoms with E-state index in [0.717, 1.165) is 5.56 Å². The van der Waals surface area contributed by atoms with Gasteiger partial charge in [0, 0.05) is 0 Å². The van der Waals surface area contributed by atoms with Crippen molar-refractivity contribution < 1.29 is 30.0 Å². The van der Waals surface area contributed by atoms with E-state index in [1.807, 2.05) is 0 Å². The lowest BCUT2D eigenvalue weighted by atomic mass is 10.2. The Morgan fingerprint density at radius 3 is 1.88 bits per heavy atom. The summed E-state index contributed by atoms with van der Waals surface area (Å²) in [7, 11) is -9.08. The van der Waals surface area contributed by atoms with Gasteiger partial charge in [0.15, 0.2) is 17.5 Å². The third-order valence-electron chi connectivity index (χ3n) is 2.93. The number of sulfonamides is 2. The van der Waals surface area contributed by atoms with E-state index in [9.17, 15) is 30.0 Å². The summed E-state index contributed by atoms with van der Waals surface area (Å²) >= 11 is 0. The van der Waals surface area contributed by atoms with Crippen molar-refractivity contribution in [2.24, 2.45) is 0 Å². The monoisotopic (exact) mass is 380 g/mol. The van der Waals surface area contributed by atoms with E-state index < -0.39 is 42.4 Å². The number of benzene rings is 2. The van der Waals surface area contributed by atoms with Crippen molar-refractivity contribution in [3.8, 4) is 0 Å².